The molecule has 1 unspecified atom stereocenters. The zero-order chi connectivity index (χ0) is 19.8. The second-order valence-corrected chi connectivity index (χ2v) is 6.80. The first kappa shape index (κ1) is 17.3. The monoisotopic (exact) mass is 385 g/mol. The van der Waals surface area contributed by atoms with Crippen molar-refractivity contribution in [1.82, 2.24) is 4.98 Å². The molecule has 1 N–H and O–H groups in total. The van der Waals surface area contributed by atoms with Crippen molar-refractivity contribution in [2.75, 3.05) is 5.32 Å². The van der Waals surface area contributed by atoms with Crippen LogP contribution in [0.4, 0.5) is 10.4 Å². The second kappa shape index (κ2) is 6.98. The summed E-state index contributed by atoms with van der Waals surface area (Å²) < 4.78 is 19.5. The van der Waals surface area contributed by atoms with Gasteiger partial charge in [-0.25, -0.2) is 4.39 Å². The standard InChI is InChI=1S/C23H16FN3O2/c24-17-11-6-12-19-21(17)26-23(29-19)27-22-18(28)13-15-9-4-5-10-16(15)20(25-22)14-7-2-1-3-8-14/h1-12,22H,13H2,(H,26,27). The molecular weight excluding hydrogens is 369 g/mol. The maximum Gasteiger partial charge on any atom is 0.297 e. The summed E-state index contributed by atoms with van der Waals surface area (Å²) in [5.41, 5.74) is 3.88. The highest BCUT2D eigenvalue weighted by molar-refractivity contribution is 6.16. The fourth-order valence-electron chi connectivity index (χ4n) is 3.49. The summed E-state index contributed by atoms with van der Waals surface area (Å²) in [5.74, 6) is -0.599. The first-order valence-electron chi connectivity index (χ1n) is 9.25. The van der Waals surface area contributed by atoms with Crippen LogP contribution in [0.15, 0.2) is 82.2 Å². The van der Waals surface area contributed by atoms with Crippen molar-refractivity contribution in [3.05, 3.63) is 95.3 Å². The normalized spacial score (nSPS) is 16.2. The molecule has 5 rings (SSSR count). The molecule has 0 spiro atoms. The lowest BCUT2D eigenvalue weighted by Gasteiger charge is -2.12. The molecule has 1 atom stereocenters. The smallest absolute Gasteiger partial charge is 0.297 e. The van der Waals surface area contributed by atoms with Crippen LogP contribution in [0.5, 0.6) is 0 Å². The molecular formula is C23H16FN3O2. The predicted octanol–water partition coefficient (Wildman–Crippen LogP) is 4.37. The third kappa shape index (κ3) is 3.18. The molecule has 142 valence electrons. The molecule has 1 aliphatic heterocycles. The van der Waals surface area contributed by atoms with Crippen LogP contribution in [0.2, 0.25) is 0 Å². The van der Waals surface area contributed by atoms with Crippen molar-refractivity contribution in [2.24, 2.45) is 4.99 Å². The number of Topliss-reactive ketones (excluding diaryl/α,β-unsaturated/α-hetero) is 1. The van der Waals surface area contributed by atoms with E-state index in [0.29, 0.717) is 11.3 Å². The van der Waals surface area contributed by atoms with Crippen LogP contribution >= 0.6 is 0 Å². The summed E-state index contributed by atoms with van der Waals surface area (Å²) in [6, 6.07) is 22.0. The number of carbonyl (C=O) groups excluding carboxylic acids is 1. The predicted molar refractivity (Wildman–Crippen MR) is 109 cm³/mol. The molecule has 0 fully saturated rings. The summed E-state index contributed by atoms with van der Waals surface area (Å²) in [4.78, 5) is 21.8. The third-order valence-electron chi connectivity index (χ3n) is 4.88. The van der Waals surface area contributed by atoms with Gasteiger partial charge in [0.2, 0.25) is 0 Å². The van der Waals surface area contributed by atoms with Gasteiger partial charge in [-0.1, -0.05) is 60.7 Å². The van der Waals surface area contributed by atoms with E-state index >= 15 is 0 Å². The van der Waals surface area contributed by atoms with Gasteiger partial charge < -0.3 is 9.73 Å². The minimum absolute atomic E-state index is 0.0607. The quantitative estimate of drug-likeness (QED) is 0.569. The van der Waals surface area contributed by atoms with E-state index in [1.165, 1.54) is 6.07 Å². The Hall–Kier alpha value is -3.80. The van der Waals surface area contributed by atoms with Gasteiger partial charge in [-0.05, 0) is 17.7 Å². The van der Waals surface area contributed by atoms with Crippen LogP contribution in [0.25, 0.3) is 11.1 Å². The van der Waals surface area contributed by atoms with Gasteiger partial charge in [0.25, 0.3) is 6.01 Å². The lowest BCUT2D eigenvalue weighted by atomic mass is 9.96. The molecule has 2 heterocycles. The Morgan fingerprint density at radius 2 is 1.76 bits per heavy atom. The van der Waals surface area contributed by atoms with Crippen LogP contribution in [-0.2, 0) is 11.2 Å². The SMILES string of the molecule is O=C1Cc2ccccc2C(c2ccccc2)=NC1Nc1nc2c(F)cccc2o1. The topological polar surface area (TPSA) is 67.5 Å². The summed E-state index contributed by atoms with van der Waals surface area (Å²) in [6.07, 6.45) is -0.670. The van der Waals surface area contributed by atoms with Crippen molar-refractivity contribution in [3.63, 3.8) is 0 Å². The Balaban J connectivity index is 1.58. The van der Waals surface area contributed by atoms with Crippen LogP contribution < -0.4 is 5.32 Å². The number of nitrogens with zero attached hydrogens (tertiary/aromatic N) is 2. The summed E-state index contributed by atoms with van der Waals surface area (Å²) >= 11 is 0. The molecule has 3 aromatic carbocycles. The third-order valence-corrected chi connectivity index (χ3v) is 4.88. The van der Waals surface area contributed by atoms with Gasteiger partial charge in [0.1, 0.15) is 5.52 Å². The number of carbonyl (C=O) groups is 1. The minimum Gasteiger partial charge on any atom is -0.423 e. The van der Waals surface area contributed by atoms with Gasteiger partial charge in [-0.3, -0.25) is 9.79 Å². The Morgan fingerprint density at radius 3 is 2.59 bits per heavy atom. The number of fused-ring (bicyclic) bond motifs is 2. The van der Waals surface area contributed by atoms with Gasteiger partial charge in [-0.15, -0.1) is 0 Å². The first-order valence-corrected chi connectivity index (χ1v) is 9.25. The van der Waals surface area contributed by atoms with Gasteiger partial charge in [0.05, 0.1) is 5.71 Å². The number of nitrogens with one attached hydrogen (secondary N) is 1. The van der Waals surface area contributed by atoms with E-state index in [1.54, 1.807) is 12.1 Å². The highest BCUT2D eigenvalue weighted by Crippen LogP contribution is 2.25. The van der Waals surface area contributed by atoms with Crippen molar-refractivity contribution in [3.8, 4) is 0 Å². The first-order chi connectivity index (χ1) is 14.2. The van der Waals surface area contributed by atoms with E-state index in [4.69, 9.17) is 9.41 Å². The zero-order valence-corrected chi connectivity index (χ0v) is 15.3. The molecule has 0 amide bonds. The molecule has 29 heavy (non-hydrogen) atoms. The average molecular weight is 385 g/mol. The molecule has 6 heteroatoms. The van der Waals surface area contributed by atoms with E-state index in [1.807, 2.05) is 54.6 Å². The number of anilines is 1. The fourth-order valence-corrected chi connectivity index (χ4v) is 3.49. The number of hydrogen-bond acceptors (Lipinski definition) is 5. The number of oxazole rings is 1. The highest BCUT2D eigenvalue weighted by Gasteiger charge is 2.27. The van der Waals surface area contributed by atoms with Gasteiger partial charge in [0.15, 0.2) is 23.3 Å². The highest BCUT2D eigenvalue weighted by atomic mass is 19.1. The Bertz CT molecular complexity index is 1250. The average Bonchev–Trinajstić information content (AvgIpc) is 3.10. The van der Waals surface area contributed by atoms with Gasteiger partial charge in [0, 0.05) is 17.5 Å². The lowest BCUT2D eigenvalue weighted by molar-refractivity contribution is -0.119. The molecule has 5 nitrogen and oxygen atoms in total. The van der Waals surface area contributed by atoms with E-state index < -0.39 is 12.0 Å². The molecule has 1 aliphatic rings. The summed E-state index contributed by atoms with van der Waals surface area (Å²) in [5, 5.41) is 2.94. The summed E-state index contributed by atoms with van der Waals surface area (Å²) in [7, 11) is 0. The van der Waals surface area contributed by atoms with E-state index in [-0.39, 0.29) is 23.7 Å². The van der Waals surface area contributed by atoms with Crippen LogP contribution in [-0.4, -0.2) is 22.6 Å². The molecule has 4 aromatic rings. The maximum atomic E-state index is 13.9. The minimum atomic E-state index is -0.895. The fraction of sp³-hybridized carbons (Fsp3) is 0.0870. The molecule has 1 aromatic heterocycles. The van der Waals surface area contributed by atoms with Crippen molar-refractivity contribution >= 4 is 28.6 Å². The van der Waals surface area contributed by atoms with Crippen molar-refractivity contribution < 1.29 is 13.6 Å². The molecule has 0 saturated carbocycles. The molecule has 0 bridgehead atoms. The number of hydrogen-bond donors (Lipinski definition) is 1. The molecule has 0 radical (unpaired) electrons. The number of ketones is 1. The van der Waals surface area contributed by atoms with Crippen LogP contribution in [0, 0.1) is 5.82 Å². The summed E-state index contributed by atoms with van der Waals surface area (Å²) in [6.45, 7) is 0. The number of halogens is 1. The van der Waals surface area contributed by atoms with Gasteiger partial charge in [-0.2, -0.15) is 4.98 Å². The lowest BCUT2D eigenvalue weighted by Crippen LogP contribution is -2.29. The largest absolute Gasteiger partial charge is 0.423 e. The zero-order valence-electron chi connectivity index (χ0n) is 15.3. The number of benzene rings is 3. The Kier molecular flexibility index (Phi) is 4.17. The molecule has 0 saturated heterocycles. The van der Waals surface area contributed by atoms with E-state index in [9.17, 15) is 9.18 Å². The molecule has 0 aliphatic carbocycles. The second-order valence-electron chi connectivity index (χ2n) is 6.80. The maximum absolute atomic E-state index is 13.9. The Labute approximate surface area is 165 Å². The van der Waals surface area contributed by atoms with Crippen molar-refractivity contribution in [2.45, 2.75) is 12.6 Å². The van der Waals surface area contributed by atoms with Crippen LogP contribution in [0.1, 0.15) is 16.7 Å². The van der Waals surface area contributed by atoms with Crippen molar-refractivity contribution in [1.29, 1.82) is 0 Å². The number of rotatable bonds is 3. The number of aromatic nitrogens is 1. The Morgan fingerprint density at radius 1 is 0.966 bits per heavy atom. The van der Waals surface area contributed by atoms with E-state index in [0.717, 1.165) is 16.7 Å². The number of aliphatic imine (C=N–C) groups is 1. The van der Waals surface area contributed by atoms with E-state index in [2.05, 4.69) is 10.3 Å². The van der Waals surface area contributed by atoms with Gasteiger partial charge >= 0.3 is 0 Å². The number of para-hydroxylation sites is 1. The van der Waals surface area contributed by atoms with Crippen LogP contribution in [0.3, 0.4) is 0 Å².